The van der Waals surface area contributed by atoms with E-state index in [9.17, 15) is 0 Å². The molecule has 0 amide bonds. The molecule has 0 aromatic heterocycles. The summed E-state index contributed by atoms with van der Waals surface area (Å²) in [6, 6.07) is 34.7. The van der Waals surface area contributed by atoms with E-state index in [1.165, 1.54) is 186 Å². The molecule has 0 radical (unpaired) electrons. The maximum Gasteiger partial charge on any atom is 0 e. The Morgan fingerprint density at radius 3 is 1.04 bits per heavy atom. The molecule has 0 heterocycles. The quantitative estimate of drug-likeness (QED) is 0.148. The van der Waals surface area contributed by atoms with Gasteiger partial charge in [0.25, 0.3) is 0 Å². The first kappa shape index (κ1) is 85.9. The third-order valence-electron chi connectivity index (χ3n) is 21.2. The van der Waals surface area contributed by atoms with Crippen LogP contribution in [0.2, 0.25) is 0 Å². The van der Waals surface area contributed by atoms with Crippen molar-refractivity contribution in [2.75, 3.05) is 0 Å². The largest absolute Gasteiger partial charge is 0.0656 e. The molecule has 4 aromatic rings. The van der Waals surface area contributed by atoms with Gasteiger partial charge in [-0.05, 0) is 198 Å². The van der Waals surface area contributed by atoms with Crippen LogP contribution < -0.4 is 0 Å². The van der Waals surface area contributed by atoms with E-state index in [4.69, 9.17) is 0 Å². The number of hydrogen-bond acceptors (Lipinski definition) is 0. The van der Waals surface area contributed by atoms with Gasteiger partial charge in [-0.1, -0.05) is 365 Å². The summed E-state index contributed by atoms with van der Waals surface area (Å²) in [6.07, 6.45) is 39.9. The van der Waals surface area contributed by atoms with Gasteiger partial charge in [-0.3, -0.25) is 0 Å². The second kappa shape index (κ2) is 51.3. The molecule has 0 nitrogen and oxygen atoms in total. The number of aryl methyl sites for hydroxylation is 8. The van der Waals surface area contributed by atoms with E-state index in [1.54, 1.807) is 0 Å². The Labute approximate surface area is 563 Å². The van der Waals surface area contributed by atoms with E-state index in [0.29, 0.717) is 10.8 Å². The lowest BCUT2D eigenvalue weighted by Gasteiger charge is -2.45. The molecule has 0 heteroatoms. The van der Waals surface area contributed by atoms with Crippen molar-refractivity contribution >= 4 is 0 Å². The average Bonchev–Trinajstić information content (AvgIpc) is 1.14. The van der Waals surface area contributed by atoms with Crippen LogP contribution in [-0.4, -0.2) is 0 Å². The third-order valence-corrected chi connectivity index (χ3v) is 21.2. The average molecular weight is 1230 g/mol. The predicted molar refractivity (Wildman–Crippen MR) is 413 cm³/mol. The van der Waals surface area contributed by atoms with E-state index >= 15 is 0 Å². The first-order valence-corrected chi connectivity index (χ1v) is 38.6. The van der Waals surface area contributed by atoms with Gasteiger partial charge >= 0.3 is 0 Å². The van der Waals surface area contributed by atoms with Crippen molar-refractivity contribution in [2.24, 2.45) is 70.0 Å². The fourth-order valence-electron chi connectivity index (χ4n) is 14.8. The molecule has 516 valence electrons. The molecule has 0 N–H and O–H groups in total. The molecule has 4 aromatic carbocycles. The van der Waals surface area contributed by atoms with Crippen LogP contribution in [0, 0.1) is 76.9 Å². The zero-order valence-corrected chi connectivity index (χ0v) is 64.5. The van der Waals surface area contributed by atoms with Crippen LogP contribution in [0.15, 0.2) is 97.1 Å². The molecule has 0 aliphatic heterocycles. The maximum absolute atomic E-state index is 2.46. The molecule has 5 saturated carbocycles. The highest BCUT2D eigenvalue weighted by atomic mass is 14.4. The van der Waals surface area contributed by atoms with Gasteiger partial charge in [0.05, 0.1) is 0 Å². The maximum atomic E-state index is 2.46. The number of rotatable bonds is 10. The van der Waals surface area contributed by atoms with Crippen LogP contribution in [0.1, 0.15) is 348 Å². The lowest BCUT2D eigenvalue weighted by Crippen LogP contribution is -2.34. The molecular weight excluding hydrogens is 1070 g/mol. The van der Waals surface area contributed by atoms with E-state index in [0.717, 1.165) is 104 Å². The highest BCUT2D eigenvalue weighted by Crippen LogP contribution is 2.50. The van der Waals surface area contributed by atoms with E-state index in [-0.39, 0.29) is 2.85 Å². The molecule has 7 unspecified atom stereocenters. The topological polar surface area (TPSA) is 0 Å². The van der Waals surface area contributed by atoms with Crippen molar-refractivity contribution < 1.29 is 2.85 Å². The Balaban J connectivity index is -0.000000951. The van der Waals surface area contributed by atoms with Gasteiger partial charge in [0, 0.05) is 2.85 Å². The van der Waals surface area contributed by atoms with Crippen LogP contribution in [0.4, 0.5) is 0 Å². The zero-order valence-electron chi connectivity index (χ0n) is 64.5. The van der Waals surface area contributed by atoms with Gasteiger partial charge in [0.2, 0.25) is 0 Å². The molecule has 0 saturated heterocycles. The summed E-state index contributed by atoms with van der Waals surface area (Å²) in [5.41, 5.74) is 12.8. The van der Waals surface area contributed by atoms with Crippen molar-refractivity contribution in [1.82, 2.24) is 0 Å². The summed E-state index contributed by atoms with van der Waals surface area (Å²) >= 11 is 0. The molecule has 9 rings (SSSR count). The van der Waals surface area contributed by atoms with Crippen molar-refractivity contribution in [3.63, 3.8) is 0 Å². The Kier molecular flexibility index (Phi) is 49.5. The van der Waals surface area contributed by atoms with Crippen LogP contribution in [0.3, 0.4) is 0 Å². The van der Waals surface area contributed by atoms with Gasteiger partial charge in [-0.15, -0.1) is 0 Å². The number of hydrogen-bond donors (Lipinski definition) is 0. The molecule has 5 fully saturated rings. The summed E-state index contributed by atoms with van der Waals surface area (Å²) in [6.45, 7) is 55.1. The van der Waals surface area contributed by atoms with Gasteiger partial charge in [-0.2, -0.15) is 0 Å². The van der Waals surface area contributed by atoms with E-state index in [1.807, 2.05) is 0 Å². The van der Waals surface area contributed by atoms with E-state index in [2.05, 4.69) is 263 Å². The lowest BCUT2D eigenvalue weighted by molar-refractivity contribution is 0.0581. The van der Waals surface area contributed by atoms with Gasteiger partial charge in [0.15, 0.2) is 0 Å². The Hall–Kier alpha value is -3.12. The Morgan fingerprint density at radius 2 is 0.742 bits per heavy atom. The summed E-state index contributed by atoms with van der Waals surface area (Å²) in [5.74, 6) is 10.1. The molecule has 7 atom stereocenters. The van der Waals surface area contributed by atoms with Crippen LogP contribution in [-0.2, 0) is 44.9 Å². The SMILES string of the molecule is CC1CCC(C)C(C)C1.CC1CCC(C)CC1.CC1CCCC(C)C1.CCC.CCC1(C)CC(C)CC(C)(C)C1.CCC1CCC(CC)CC1.CCc1ccc(CC)cc1.CCc1cccc(CC)c1.CCc1ccccc1C.CCc1ccccc1CC.[HH].[HH]. The van der Waals surface area contributed by atoms with Crippen LogP contribution >= 0.6 is 0 Å². The van der Waals surface area contributed by atoms with Crippen LogP contribution in [0.5, 0.6) is 0 Å². The summed E-state index contributed by atoms with van der Waals surface area (Å²) in [7, 11) is 0. The normalized spacial score (nSPS) is 25.6. The molecular formula is C89H160. The standard InChI is InChI=1S/C12H24.C10H20.3C10H14.C9H18.C9H12.2C8H16.C3H8.2H2/c1-6-12(5)8-10(2)7-11(3,4)9-12;2*1-3-9-5-7-10(4-2)8-6-9;1-3-9-6-5-7-10(4-2)8-9;1-3-9-7-5-6-8-10(9)4-2;1-7-4-5-8(2)9(3)6-7;1-3-9-7-5-4-6-8(9)2;1-7-3-5-8(2)6-4-7;1-7-4-3-5-8(2)6-7;1-3-2;;/h10H,6-9H2,1-5H3;9-10H,3-8H2,1-2H3;3*5-8H,3-4H2,1-2H3;7-9H,4-6H2,1-3H3;4-7H,3H2,1-2H3;2*7-8H,3-6H2,1-2H3;3H2,1-2H3;2*1H. The monoisotopic (exact) mass is 1230 g/mol. The van der Waals surface area contributed by atoms with Gasteiger partial charge < -0.3 is 0 Å². The molecule has 0 bridgehead atoms. The zero-order chi connectivity index (χ0) is 67.2. The minimum Gasteiger partial charge on any atom is -0.0656 e. The second-order valence-electron chi connectivity index (χ2n) is 30.9. The fourth-order valence-corrected chi connectivity index (χ4v) is 14.8. The van der Waals surface area contributed by atoms with Crippen molar-refractivity contribution in [3.05, 3.63) is 142 Å². The smallest absolute Gasteiger partial charge is 0 e. The van der Waals surface area contributed by atoms with Crippen molar-refractivity contribution in [3.8, 4) is 0 Å². The second-order valence-corrected chi connectivity index (χ2v) is 30.9. The van der Waals surface area contributed by atoms with Gasteiger partial charge in [0.1, 0.15) is 0 Å². The highest BCUT2D eigenvalue weighted by molar-refractivity contribution is 5.27. The summed E-state index contributed by atoms with van der Waals surface area (Å²) < 4.78 is 0. The Morgan fingerprint density at radius 1 is 0.360 bits per heavy atom. The highest BCUT2D eigenvalue weighted by Gasteiger charge is 2.38. The van der Waals surface area contributed by atoms with Gasteiger partial charge in [-0.25, -0.2) is 0 Å². The lowest BCUT2D eigenvalue weighted by atomic mass is 9.60. The predicted octanol–water partition coefficient (Wildman–Crippen LogP) is 29.5. The van der Waals surface area contributed by atoms with Crippen molar-refractivity contribution in [1.29, 1.82) is 0 Å². The van der Waals surface area contributed by atoms with Crippen molar-refractivity contribution in [2.45, 2.75) is 352 Å². The molecule has 5 aliphatic carbocycles. The number of benzene rings is 4. The molecule has 0 spiro atoms. The molecule has 5 aliphatic rings. The first-order chi connectivity index (χ1) is 42.4. The minimum absolute atomic E-state index is 0. The minimum atomic E-state index is 0. The van der Waals surface area contributed by atoms with E-state index < -0.39 is 0 Å². The fraction of sp³-hybridized carbons (Fsp3) is 0.730. The molecule has 89 heavy (non-hydrogen) atoms. The van der Waals surface area contributed by atoms with Crippen LogP contribution in [0.25, 0.3) is 0 Å². The summed E-state index contributed by atoms with van der Waals surface area (Å²) in [5, 5.41) is 0. The Bertz CT molecular complexity index is 2120. The summed E-state index contributed by atoms with van der Waals surface area (Å²) in [4.78, 5) is 0. The third kappa shape index (κ3) is 41.3. The first-order valence-electron chi connectivity index (χ1n) is 38.6.